The van der Waals surface area contributed by atoms with Gasteiger partial charge in [0, 0.05) is 17.7 Å². The van der Waals surface area contributed by atoms with Gasteiger partial charge in [0.05, 0.1) is 5.56 Å². The van der Waals surface area contributed by atoms with Gasteiger partial charge in [0.25, 0.3) is 0 Å². The summed E-state index contributed by atoms with van der Waals surface area (Å²) in [5.74, 6) is -1.03. The molecule has 0 fully saturated rings. The molecule has 0 aliphatic heterocycles. The SMILES string of the molecule is CSCCC(=O)c1cc(F)cc(C(F)(F)F)c1. The smallest absolute Gasteiger partial charge is 0.294 e. The number of alkyl halides is 3. The van der Waals surface area contributed by atoms with Crippen LogP contribution in [0.1, 0.15) is 22.3 Å². The zero-order valence-electron chi connectivity index (χ0n) is 8.97. The predicted molar refractivity (Wildman–Crippen MR) is 58.7 cm³/mol. The molecule has 0 heterocycles. The van der Waals surface area contributed by atoms with E-state index in [1.54, 1.807) is 6.26 Å². The van der Waals surface area contributed by atoms with Gasteiger partial charge in [-0.05, 0) is 24.5 Å². The van der Waals surface area contributed by atoms with Gasteiger partial charge in [-0.3, -0.25) is 4.79 Å². The van der Waals surface area contributed by atoms with Gasteiger partial charge >= 0.3 is 6.18 Å². The summed E-state index contributed by atoms with van der Waals surface area (Å²) >= 11 is 1.40. The summed E-state index contributed by atoms with van der Waals surface area (Å²) in [6, 6.07) is 1.90. The zero-order valence-corrected chi connectivity index (χ0v) is 9.79. The Morgan fingerprint density at radius 3 is 2.47 bits per heavy atom. The summed E-state index contributed by atoms with van der Waals surface area (Å²) in [4.78, 5) is 11.5. The van der Waals surface area contributed by atoms with Crippen molar-refractivity contribution in [3.63, 3.8) is 0 Å². The Labute approximate surface area is 100 Å². The molecule has 1 nitrogen and oxygen atoms in total. The highest BCUT2D eigenvalue weighted by Gasteiger charge is 2.31. The summed E-state index contributed by atoms with van der Waals surface area (Å²) in [6.07, 6.45) is -2.77. The summed E-state index contributed by atoms with van der Waals surface area (Å²) in [6.45, 7) is 0. The molecule has 0 amide bonds. The van der Waals surface area contributed by atoms with E-state index in [0.717, 1.165) is 6.07 Å². The van der Waals surface area contributed by atoms with Crippen LogP contribution in [0.25, 0.3) is 0 Å². The Hall–Kier alpha value is -1.04. The second-order valence-corrected chi connectivity index (χ2v) is 4.38. The van der Waals surface area contributed by atoms with Gasteiger partial charge in [-0.25, -0.2) is 4.39 Å². The van der Waals surface area contributed by atoms with E-state index in [1.165, 1.54) is 11.8 Å². The Balaban J connectivity index is 3.01. The second kappa shape index (κ2) is 5.53. The predicted octanol–water partition coefficient (Wildman–Crippen LogP) is 3.78. The molecule has 0 aromatic heterocycles. The average Bonchev–Trinajstić information content (AvgIpc) is 2.23. The van der Waals surface area contributed by atoms with E-state index in [4.69, 9.17) is 0 Å². The van der Waals surface area contributed by atoms with Gasteiger partial charge in [-0.15, -0.1) is 0 Å². The number of halogens is 4. The molecule has 0 spiro atoms. The maximum atomic E-state index is 13.0. The monoisotopic (exact) mass is 266 g/mol. The lowest BCUT2D eigenvalue weighted by molar-refractivity contribution is -0.137. The largest absolute Gasteiger partial charge is 0.416 e. The van der Waals surface area contributed by atoms with Crippen LogP contribution in [-0.2, 0) is 6.18 Å². The maximum absolute atomic E-state index is 13.0. The lowest BCUT2D eigenvalue weighted by Gasteiger charge is -2.08. The average molecular weight is 266 g/mol. The van der Waals surface area contributed by atoms with E-state index >= 15 is 0 Å². The van der Waals surface area contributed by atoms with Crippen LogP contribution in [0, 0.1) is 5.82 Å². The number of carbonyl (C=O) groups is 1. The van der Waals surface area contributed by atoms with Crippen LogP contribution in [0.5, 0.6) is 0 Å². The van der Waals surface area contributed by atoms with E-state index in [-0.39, 0.29) is 12.0 Å². The highest BCUT2D eigenvalue weighted by molar-refractivity contribution is 7.98. The molecule has 0 radical (unpaired) electrons. The normalized spacial score (nSPS) is 11.6. The summed E-state index contributed by atoms with van der Waals surface area (Å²) in [5, 5.41) is 0. The highest BCUT2D eigenvalue weighted by Crippen LogP contribution is 2.30. The van der Waals surface area contributed by atoms with Crippen LogP contribution in [0.15, 0.2) is 18.2 Å². The minimum Gasteiger partial charge on any atom is -0.294 e. The van der Waals surface area contributed by atoms with Crippen LogP contribution in [0.2, 0.25) is 0 Å². The molecular formula is C11H10F4OS. The molecule has 0 aliphatic carbocycles. The number of rotatable bonds is 4. The first-order chi connectivity index (χ1) is 7.84. The van der Waals surface area contributed by atoms with Gasteiger partial charge in [0.1, 0.15) is 5.82 Å². The minimum atomic E-state index is -4.64. The van der Waals surface area contributed by atoms with Crippen molar-refractivity contribution in [3.05, 3.63) is 35.1 Å². The summed E-state index contributed by atoms with van der Waals surface area (Å²) in [5.41, 5.74) is -1.36. The van der Waals surface area contributed by atoms with Crippen molar-refractivity contribution in [2.45, 2.75) is 12.6 Å². The molecule has 0 aliphatic rings. The molecule has 1 aromatic rings. The topological polar surface area (TPSA) is 17.1 Å². The number of thioether (sulfide) groups is 1. The van der Waals surface area contributed by atoms with Gasteiger partial charge in [-0.1, -0.05) is 0 Å². The number of hydrogen-bond donors (Lipinski definition) is 0. The second-order valence-electron chi connectivity index (χ2n) is 3.39. The zero-order chi connectivity index (χ0) is 13.1. The van der Waals surface area contributed by atoms with Crippen molar-refractivity contribution in [2.75, 3.05) is 12.0 Å². The first-order valence-corrected chi connectivity index (χ1v) is 6.14. The molecule has 94 valence electrons. The standard InChI is InChI=1S/C11H10F4OS/c1-17-3-2-10(16)7-4-8(11(13,14)15)6-9(12)5-7/h4-6H,2-3H2,1H3. The van der Waals surface area contributed by atoms with Gasteiger partial charge in [0.15, 0.2) is 5.78 Å². The molecule has 1 rings (SSSR count). The first-order valence-electron chi connectivity index (χ1n) is 4.74. The Morgan fingerprint density at radius 1 is 1.29 bits per heavy atom. The fourth-order valence-electron chi connectivity index (χ4n) is 1.25. The summed E-state index contributed by atoms with van der Waals surface area (Å²) in [7, 11) is 0. The van der Waals surface area contributed by atoms with Crippen molar-refractivity contribution in [1.82, 2.24) is 0 Å². The fourth-order valence-corrected chi connectivity index (χ4v) is 1.64. The molecule has 0 atom stereocenters. The minimum absolute atomic E-state index is 0.0991. The van der Waals surface area contributed by atoms with E-state index in [9.17, 15) is 22.4 Å². The number of Topliss-reactive ketones (excluding diaryl/α,β-unsaturated/α-hetero) is 1. The number of carbonyl (C=O) groups excluding carboxylic acids is 1. The number of benzene rings is 1. The molecule has 1 aromatic carbocycles. The first kappa shape index (κ1) is 14.0. The van der Waals surface area contributed by atoms with Crippen LogP contribution in [0.4, 0.5) is 17.6 Å². The maximum Gasteiger partial charge on any atom is 0.416 e. The van der Waals surface area contributed by atoms with E-state index in [2.05, 4.69) is 0 Å². The third-order valence-electron chi connectivity index (χ3n) is 2.08. The molecule has 0 N–H and O–H groups in total. The molecule has 0 bridgehead atoms. The summed E-state index contributed by atoms with van der Waals surface area (Å²) < 4.78 is 50.1. The molecule has 0 saturated heterocycles. The van der Waals surface area contributed by atoms with Crippen LogP contribution in [0.3, 0.4) is 0 Å². The molecular weight excluding hydrogens is 256 g/mol. The molecule has 17 heavy (non-hydrogen) atoms. The van der Waals surface area contributed by atoms with Gasteiger partial charge < -0.3 is 0 Å². The Kier molecular flexibility index (Phi) is 4.56. The van der Waals surface area contributed by atoms with Gasteiger partial charge in [-0.2, -0.15) is 24.9 Å². The van der Waals surface area contributed by atoms with E-state index in [1.807, 2.05) is 0 Å². The van der Waals surface area contributed by atoms with Crippen LogP contribution < -0.4 is 0 Å². The van der Waals surface area contributed by atoms with Crippen molar-refractivity contribution < 1.29 is 22.4 Å². The Bertz CT molecular complexity index is 414. The molecule has 0 saturated carbocycles. The molecule has 0 unspecified atom stereocenters. The van der Waals surface area contributed by atoms with Crippen LogP contribution in [-0.4, -0.2) is 17.8 Å². The third-order valence-corrected chi connectivity index (χ3v) is 2.69. The Morgan fingerprint density at radius 2 is 1.94 bits per heavy atom. The van der Waals surface area contributed by atoms with Gasteiger partial charge in [0.2, 0.25) is 0 Å². The third kappa shape index (κ3) is 4.03. The molecule has 6 heteroatoms. The van der Waals surface area contributed by atoms with Crippen molar-refractivity contribution in [2.24, 2.45) is 0 Å². The number of ketones is 1. The quantitative estimate of drug-likeness (QED) is 0.609. The van der Waals surface area contributed by atoms with Crippen molar-refractivity contribution in [3.8, 4) is 0 Å². The van der Waals surface area contributed by atoms with E-state index < -0.39 is 23.3 Å². The highest BCUT2D eigenvalue weighted by atomic mass is 32.2. The lowest BCUT2D eigenvalue weighted by atomic mass is 10.1. The number of hydrogen-bond acceptors (Lipinski definition) is 2. The van der Waals surface area contributed by atoms with Crippen molar-refractivity contribution >= 4 is 17.5 Å². The lowest BCUT2D eigenvalue weighted by Crippen LogP contribution is -2.09. The fraction of sp³-hybridized carbons (Fsp3) is 0.364. The van der Waals surface area contributed by atoms with Crippen LogP contribution >= 0.6 is 11.8 Å². The van der Waals surface area contributed by atoms with E-state index in [0.29, 0.717) is 17.9 Å². The van der Waals surface area contributed by atoms with Crippen molar-refractivity contribution in [1.29, 1.82) is 0 Å².